The topological polar surface area (TPSA) is 118 Å². The molecule has 0 spiro atoms. The molecule has 0 aliphatic rings. The Morgan fingerprint density at radius 1 is 0.949 bits per heavy atom. The van der Waals surface area contributed by atoms with E-state index in [0.29, 0.717) is 10.8 Å². The van der Waals surface area contributed by atoms with E-state index in [1.807, 2.05) is 6.07 Å². The fourth-order valence-corrected chi connectivity index (χ4v) is 5.23. The lowest BCUT2D eigenvalue weighted by atomic mass is 10.1. The Bertz CT molecular complexity index is 1550. The van der Waals surface area contributed by atoms with Crippen molar-refractivity contribution in [2.45, 2.75) is 11.4 Å². The molecule has 0 atom stereocenters. The third-order valence-corrected chi connectivity index (χ3v) is 7.71. The van der Waals surface area contributed by atoms with Crippen LogP contribution in [0, 0.1) is 0 Å². The summed E-state index contributed by atoms with van der Waals surface area (Å²) in [5.41, 5.74) is 1.53. The van der Waals surface area contributed by atoms with E-state index in [1.165, 1.54) is 55.6 Å². The fraction of sp³-hybridized carbons (Fsp3) is 0.107. The standard InChI is InChI=1S/C28H25ClN4O5S/c1-38-23-12-14-24(15-13-23)39(36,37)33(22-10-8-21(29)9-11-22)19-27(34)32-26-7-3-2-6-25(26)28(35)31-18-20-5-4-16-30-17-20/h2-17H,18-19H2,1H3,(H,31,35)(H,32,34). The Balaban J connectivity index is 1.56. The Kier molecular flexibility index (Phi) is 8.80. The average Bonchev–Trinajstić information content (AvgIpc) is 2.96. The molecular weight excluding hydrogens is 540 g/mol. The minimum absolute atomic E-state index is 0.0266. The van der Waals surface area contributed by atoms with Crippen LogP contribution in [0.1, 0.15) is 15.9 Å². The minimum atomic E-state index is -4.16. The van der Waals surface area contributed by atoms with Gasteiger partial charge in [0.25, 0.3) is 15.9 Å². The highest BCUT2D eigenvalue weighted by atomic mass is 35.5. The van der Waals surface area contributed by atoms with Crippen LogP contribution in [-0.2, 0) is 21.4 Å². The first kappa shape index (κ1) is 27.6. The summed E-state index contributed by atoms with van der Waals surface area (Å²) < 4.78 is 33.3. The predicted octanol–water partition coefficient (Wildman–Crippen LogP) is 4.51. The summed E-state index contributed by atoms with van der Waals surface area (Å²) in [5.74, 6) is -0.562. The summed E-state index contributed by atoms with van der Waals surface area (Å²) >= 11 is 6.00. The second-order valence-corrected chi connectivity index (χ2v) is 10.6. The third kappa shape index (κ3) is 6.92. The van der Waals surface area contributed by atoms with Crippen molar-refractivity contribution in [2.24, 2.45) is 0 Å². The molecule has 200 valence electrons. The Labute approximate surface area is 231 Å². The molecule has 0 bridgehead atoms. The van der Waals surface area contributed by atoms with Crippen LogP contribution in [0.4, 0.5) is 11.4 Å². The third-order valence-electron chi connectivity index (χ3n) is 5.67. The number of anilines is 2. The van der Waals surface area contributed by atoms with Crippen molar-refractivity contribution >= 4 is 44.8 Å². The molecule has 0 saturated heterocycles. The van der Waals surface area contributed by atoms with Gasteiger partial charge in [-0.1, -0.05) is 29.8 Å². The zero-order valence-electron chi connectivity index (χ0n) is 20.9. The van der Waals surface area contributed by atoms with Crippen LogP contribution in [-0.4, -0.2) is 38.9 Å². The largest absolute Gasteiger partial charge is 0.497 e. The van der Waals surface area contributed by atoms with E-state index < -0.39 is 28.4 Å². The van der Waals surface area contributed by atoms with Gasteiger partial charge in [-0.3, -0.25) is 18.9 Å². The number of nitrogens with one attached hydrogen (secondary N) is 2. The number of benzene rings is 3. The smallest absolute Gasteiger partial charge is 0.264 e. The van der Waals surface area contributed by atoms with E-state index >= 15 is 0 Å². The van der Waals surface area contributed by atoms with Crippen LogP contribution in [0.5, 0.6) is 5.75 Å². The first-order valence-corrected chi connectivity index (χ1v) is 13.6. The zero-order valence-corrected chi connectivity index (χ0v) is 22.4. The van der Waals surface area contributed by atoms with Crippen LogP contribution in [0.3, 0.4) is 0 Å². The number of amides is 2. The molecule has 11 heteroatoms. The lowest BCUT2D eigenvalue weighted by molar-refractivity contribution is -0.114. The van der Waals surface area contributed by atoms with E-state index in [0.717, 1.165) is 9.87 Å². The average molecular weight is 565 g/mol. The van der Waals surface area contributed by atoms with Gasteiger partial charge in [0.15, 0.2) is 0 Å². The lowest BCUT2D eigenvalue weighted by Crippen LogP contribution is -2.38. The summed E-state index contributed by atoms with van der Waals surface area (Å²) in [6.07, 6.45) is 3.28. The van der Waals surface area contributed by atoms with Crippen molar-refractivity contribution in [3.05, 3.63) is 113 Å². The summed E-state index contributed by atoms with van der Waals surface area (Å²) in [5, 5.41) is 5.89. The number of hydrogen-bond acceptors (Lipinski definition) is 6. The highest BCUT2D eigenvalue weighted by molar-refractivity contribution is 7.92. The van der Waals surface area contributed by atoms with E-state index in [2.05, 4.69) is 15.6 Å². The molecule has 4 rings (SSSR count). The van der Waals surface area contributed by atoms with E-state index in [1.54, 1.807) is 42.7 Å². The number of pyridine rings is 1. The molecule has 9 nitrogen and oxygen atoms in total. The minimum Gasteiger partial charge on any atom is -0.497 e. The molecule has 0 aliphatic carbocycles. The molecule has 0 unspecified atom stereocenters. The first-order valence-electron chi connectivity index (χ1n) is 11.8. The highest BCUT2D eigenvalue weighted by Crippen LogP contribution is 2.27. The Morgan fingerprint density at radius 3 is 2.33 bits per heavy atom. The molecule has 1 heterocycles. The molecule has 1 aromatic heterocycles. The van der Waals surface area contributed by atoms with Crippen molar-refractivity contribution in [2.75, 3.05) is 23.3 Å². The van der Waals surface area contributed by atoms with Gasteiger partial charge < -0.3 is 15.4 Å². The number of hydrogen-bond donors (Lipinski definition) is 2. The molecule has 0 radical (unpaired) electrons. The number of ether oxygens (including phenoxy) is 1. The van der Waals surface area contributed by atoms with Gasteiger partial charge in [0.1, 0.15) is 12.3 Å². The van der Waals surface area contributed by atoms with Crippen LogP contribution < -0.4 is 19.7 Å². The molecule has 0 fully saturated rings. The molecular formula is C28H25ClN4O5S. The van der Waals surface area contributed by atoms with Gasteiger partial charge in [0.05, 0.1) is 28.9 Å². The normalized spacial score (nSPS) is 10.9. The number of aromatic nitrogens is 1. The van der Waals surface area contributed by atoms with Crippen LogP contribution in [0.25, 0.3) is 0 Å². The SMILES string of the molecule is COc1ccc(S(=O)(=O)N(CC(=O)Nc2ccccc2C(=O)NCc2cccnc2)c2ccc(Cl)cc2)cc1. The molecule has 0 aliphatic heterocycles. The predicted molar refractivity (Wildman–Crippen MR) is 149 cm³/mol. The van der Waals surface area contributed by atoms with Gasteiger partial charge in [-0.2, -0.15) is 0 Å². The van der Waals surface area contributed by atoms with Crippen LogP contribution in [0.15, 0.2) is 102 Å². The van der Waals surface area contributed by atoms with Crippen molar-refractivity contribution < 1.29 is 22.7 Å². The van der Waals surface area contributed by atoms with Gasteiger partial charge in [-0.05, 0) is 72.3 Å². The molecule has 0 saturated carbocycles. The number of methoxy groups -OCH3 is 1. The van der Waals surface area contributed by atoms with Gasteiger partial charge in [-0.25, -0.2) is 8.42 Å². The molecule has 3 aromatic carbocycles. The van der Waals surface area contributed by atoms with Gasteiger partial charge in [0, 0.05) is 24.0 Å². The molecule has 2 N–H and O–H groups in total. The van der Waals surface area contributed by atoms with Crippen LogP contribution in [0.2, 0.25) is 5.02 Å². The Hall–Kier alpha value is -4.41. The van der Waals surface area contributed by atoms with Crippen molar-refractivity contribution in [1.82, 2.24) is 10.3 Å². The van der Waals surface area contributed by atoms with Crippen molar-refractivity contribution in [3.8, 4) is 5.75 Å². The van der Waals surface area contributed by atoms with E-state index in [-0.39, 0.29) is 28.4 Å². The monoisotopic (exact) mass is 564 g/mol. The van der Waals surface area contributed by atoms with E-state index in [4.69, 9.17) is 16.3 Å². The number of halogens is 1. The quantitative estimate of drug-likeness (QED) is 0.293. The molecule has 39 heavy (non-hydrogen) atoms. The summed E-state index contributed by atoms with van der Waals surface area (Å²) in [7, 11) is -2.68. The van der Waals surface area contributed by atoms with Crippen LogP contribution >= 0.6 is 11.6 Å². The number of nitrogens with zero attached hydrogens (tertiary/aromatic N) is 2. The molecule has 2 amide bonds. The van der Waals surface area contributed by atoms with Gasteiger partial charge >= 0.3 is 0 Å². The second kappa shape index (κ2) is 12.4. The van der Waals surface area contributed by atoms with Gasteiger partial charge in [0.2, 0.25) is 5.91 Å². The summed E-state index contributed by atoms with van der Waals surface area (Å²) in [6, 6.07) is 22.0. The van der Waals surface area contributed by atoms with Crippen molar-refractivity contribution in [1.29, 1.82) is 0 Å². The number of sulfonamides is 1. The lowest BCUT2D eigenvalue weighted by Gasteiger charge is -2.24. The number of carbonyl (C=O) groups is 2. The van der Waals surface area contributed by atoms with E-state index in [9.17, 15) is 18.0 Å². The second-order valence-electron chi connectivity index (χ2n) is 8.30. The number of para-hydroxylation sites is 1. The first-order chi connectivity index (χ1) is 18.8. The summed E-state index contributed by atoms with van der Waals surface area (Å²) in [4.78, 5) is 30.1. The molecule has 4 aromatic rings. The number of rotatable bonds is 10. The highest BCUT2D eigenvalue weighted by Gasteiger charge is 2.28. The fourth-order valence-electron chi connectivity index (χ4n) is 3.69. The summed E-state index contributed by atoms with van der Waals surface area (Å²) in [6.45, 7) is -0.305. The number of carbonyl (C=O) groups excluding carboxylic acids is 2. The van der Waals surface area contributed by atoms with Crippen molar-refractivity contribution in [3.63, 3.8) is 0 Å². The maximum Gasteiger partial charge on any atom is 0.264 e. The zero-order chi connectivity index (χ0) is 27.8. The van der Waals surface area contributed by atoms with Gasteiger partial charge in [-0.15, -0.1) is 0 Å². The maximum atomic E-state index is 13.6. The Morgan fingerprint density at radius 2 is 1.67 bits per heavy atom. The maximum absolute atomic E-state index is 13.6.